The molecule has 2 rings (SSSR count). The van der Waals surface area contributed by atoms with Crippen molar-refractivity contribution in [3.8, 4) is 0 Å². The molecule has 26 heavy (non-hydrogen) atoms. The van der Waals surface area contributed by atoms with Crippen molar-refractivity contribution in [2.24, 2.45) is 0 Å². The van der Waals surface area contributed by atoms with Crippen LogP contribution >= 0.6 is 0 Å². The minimum absolute atomic E-state index is 0.185. The van der Waals surface area contributed by atoms with Gasteiger partial charge in [0.15, 0.2) is 0 Å². The van der Waals surface area contributed by atoms with Gasteiger partial charge in [-0.1, -0.05) is 39.0 Å². The van der Waals surface area contributed by atoms with E-state index in [1.165, 1.54) is 19.8 Å². The molecule has 0 saturated heterocycles. The first-order valence-electron chi connectivity index (χ1n) is 8.76. The summed E-state index contributed by atoms with van der Waals surface area (Å²) in [6, 6.07) is 13.2. The van der Waals surface area contributed by atoms with Gasteiger partial charge in [-0.2, -0.15) is 0 Å². The summed E-state index contributed by atoms with van der Waals surface area (Å²) in [6.45, 7) is 6.39. The fourth-order valence-corrected chi connectivity index (χ4v) is 3.13. The normalized spacial score (nSPS) is 11.9. The predicted molar refractivity (Wildman–Crippen MR) is 102 cm³/mol. The number of hydrogen-bond acceptors (Lipinski definition) is 4. The second kappa shape index (κ2) is 8.65. The van der Waals surface area contributed by atoms with Crippen molar-refractivity contribution in [3.63, 3.8) is 0 Å². The van der Waals surface area contributed by atoms with Crippen LogP contribution < -0.4 is 0 Å². The van der Waals surface area contributed by atoms with E-state index in [-0.39, 0.29) is 17.9 Å². The Morgan fingerprint density at radius 2 is 1.50 bits per heavy atom. The predicted octanol–water partition coefficient (Wildman–Crippen LogP) is 4.73. The van der Waals surface area contributed by atoms with Gasteiger partial charge >= 0.3 is 11.9 Å². The lowest BCUT2D eigenvalue weighted by Gasteiger charge is -2.18. The Morgan fingerprint density at radius 1 is 0.885 bits per heavy atom. The zero-order chi connectivity index (χ0) is 19.3. The van der Waals surface area contributed by atoms with Gasteiger partial charge in [-0.3, -0.25) is 0 Å². The van der Waals surface area contributed by atoms with Crippen molar-refractivity contribution in [3.05, 3.63) is 70.3 Å². The molecule has 2 aromatic rings. The highest BCUT2D eigenvalue weighted by atomic mass is 16.5. The van der Waals surface area contributed by atoms with Gasteiger partial charge in [0, 0.05) is 0 Å². The molecule has 0 amide bonds. The van der Waals surface area contributed by atoms with Crippen molar-refractivity contribution >= 4 is 11.9 Å². The van der Waals surface area contributed by atoms with Gasteiger partial charge < -0.3 is 9.47 Å². The summed E-state index contributed by atoms with van der Waals surface area (Å²) in [5.74, 6) is -0.133. The summed E-state index contributed by atoms with van der Waals surface area (Å²) in [5, 5.41) is 0. The molecule has 138 valence electrons. The molecular formula is C22H26O4. The molecule has 0 aliphatic carbocycles. The van der Waals surface area contributed by atoms with Crippen molar-refractivity contribution in [1.82, 2.24) is 0 Å². The van der Waals surface area contributed by atoms with E-state index in [2.05, 4.69) is 20.8 Å². The lowest BCUT2D eigenvalue weighted by Crippen LogP contribution is -2.08. The Labute approximate surface area is 155 Å². The SMILES string of the molecule is COC(=O)c1cccc(C(C)Cc2cc(C(=O)OC)ccc2C(C)C)c1. The van der Waals surface area contributed by atoms with Crippen LogP contribution in [0.5, 0.6) is 0 Å². The summed E-state index contributed by atoms with van der Waals surface area (Å²) in [6.07, 6.45) is 0.767. The van der Waals surface area contributed by atoms with Gasteiger partial charge in [0.05, 0.1) is 25.3 Å². The average molecular weight is 354 g/mol. The van der Waals surface area contributed by atoms with Gasteiger partial charge in [0.1, 0.15) is 0 Å². The molecule has 4 heteroatoms. The number of methoxy groups -OCH3 is 2. The minimum Gasteiger partial charge on any atom is -0.465 e. The van der Waals surface area contributed by atoms with Gasteiger partial charge in [0.25, 0.3) is 0 Å². The minimum atomic E-state index is -0.338. The van der Waals surface area contributed by atoms with Crippen LogP contribution in [0.4, 0.5) is 0 Å². The Bertz CT molecular complexity index is 792. The third-order valence-electron chi connectivity index (χ3n) is 4.59. The van der Waals surface area contributed by atoms with Crippen LogP contribution in [0.3, 0.4) is 0 Å². The standard InChI is InChI=1S/C22H26O4/c1-14(2)20-10-9-18(22(24)26-5)13-19(20)11-15(3)16-7-6-8-17(12-16)21(23)25-4/h6-10,12-15H,11H2,1-5H3. The van der Waals surface area contributed by atoms with Crippen LogP contribution in [0.25, 0.3) is 0 Å². The topological polar surface area (TPSA) is 52.6 Å². The maximum Gasteiger partial charge on any atom is 0.337 e. The molecule has 1 unspecified atom stereocenters. The number of ether oxygens (including phenoxy) is 2. The number of esters is 2. The highest BCUT2D eigenvalue weighted by molar-refractivity contribution is 5.90. The van der Waals surface area contributed by atoms with Crippen LogP contribution in [0, 0.1) is 0 Å². The molecule has 0 fully saturated rings. The van der Waals surface area contributed by atoms with E-state index in [1.807, 2.05) is 36.4 Å². The molecule has 0 N–H and O–H groups in total. The van der Waals surface area contributed by atoms with E-state index in [9.17, 15) is 9.59 Å². The Hall–Kier alpha value is -2.62. The molecule has 0 aliphatic rings. The zero-order valence-corrected chi connectivity index (χ0v) is 16.0. The van der Waals surface area contributed by atoms with E-state index >= 15 is 0 Å². The highest BCUT2D eigenvalue weighted by Gasteiger charge is 2.16. The molecule has 0 heterocycles. The Balaban J connectivity index is 2.34. The average Bonchev–Trinajstić information content (AvgIpc) is 2.66. The molecule has 0 radical (unpaired) electrons. The first kappa shape index (κ1) is 19.7. The molecule has 0 aliphatic heterocycles. The van der Waals surface area contributed by atoms with Crippen molar-refractivity contribution < 1.29 is 19.1 Å². The Kier molecular flexibility index (Phi) is 6.56. The summed E-state index contributed by atoms with van der Waals surface area (Å²) in [5.41, 5.74) is 4.50. The van der Waals surface area contributed by atoms with Crippen LogP contribution in [0.1, 0.15) is 70.0 Å². The number of rotatable bonds is 6. The van der Waals surface area contributed by atoms with Crippen LogP contribution in [-0.2, 0) is 15.9 Å². The van der Waals surface area contributed by atoms with Gasteiger partial charge in [-0.15, -0.1) is 0 Å². The van der Waals surface area contributed by atoms with E-state index < -0.39 is 0 Å². The second-order valence-corrected chi connectivity index (χ2v) is 6.78. The first-order valence-corrected chi connectivity index (χ1v) is 8.76. The third-order valence-corrected chi connectivity index (χ3v) is 4.59. The highest BCUT2D eigenvalue weighted by Crippen LogP contribution is 2.28. The maximum absolute atomic E-state index is 11.9. The number of hydrogen-bond donors (Lipinski definition) is 0. The summed E-state index contributed by atoms with van der Waals surface area (Å²) in [7, 11) is 2.77. The van der Waals surface area contributed by atoms with Crippen molar-refractivity contribution in [1.29, 1.82) is 0 Å². The largest absolute Gasteiger partial charge is 0.465 e. The van der Waals surface area contributed by atoms with Crippen molar-refractivity contribution in [2.75, 3.05) is 14.2 Å². The lowest BCUT2D eigenvalue weighted by molar-refractivity contribution is 0.0591. The van der Waals surface area contributed by atoms with E-state index in [1.54, 1.807) is 6.07 Å². The molecule has 0 bridgehead atoms. The molecule has 0 saturated carbocycles. The van der Waals surface area contributed by atoms with E-state index in [4.69, 9.17) is 9.47 Å². The number of carbonyl (C=O) groups excluding carboxylic acids is 2. The van der Waals surface area contributed by atoms with Crippen LogP contribution in [-0.4, -0.2) is 26.2 Å². The molecule has 2 aromatic carbocycles. The summed E-state index contributed by atoms with van der Waals surface area (Å²) >= 11 is 0. The fourth-order valence-electron chi connectivity index (χ4n) is 3.13. The number of carbonyl (C=O) groups is 2. The van der Waals surface area contributed by atoms with Crippen LogP contribution in [0.15, 0.2) is 42.5 Å². The maximum atomic E-state index is 11.9. The fraction of sp³-hybridized carbons (Fsp3) is 0.364. The van der Waals surface area contributed by atoms with E-state index in [0.717, 1.165) is 17.5 Å². The van der Waals surface area contributed by atoms with Crippen LogP contribution in [0.2, 0.25) is 0 Å². The van der Waals surface area contributed by atoms with Gasteiger partial charge in [-0.05, 0) is 59.2 Å². The molecular weight excluding hydrogens is 328 g/mol. The Morgan fingerprint density at radius 3 is 2.08 bits per heavy atom. The lowest BCUT2D eigenvalue weighted by atomic mass is 9.87. The monoisotopic (exact) mass is 354 g/mol. The molecule has 0 aromatic heterocycles. The third kappa shape index (κ3) is 4.51. The quantitative estimate of drug-likeness (QED) is 0.704. The molecule has 1 atom stereocenters. The van der Waals surface area contributed by atoms with Crippen molar-refractivity contribution in [2.45, 2.75) is 39.0 Å². The first-order chi connectivity index (χ1) is 12.4. The summed E-state index contributed by atoms with van der Waals surface area (Å²) in [4.78, 5) is 23.7. The smallest absolute Gasteiger partial charge is 0.337 e. The number of benzene rings is 2. The second-order valence-electron chi connectivity index (χ2n) is 6.78. The zero-order valence-electron chi connectivity index (χ0n) is 16.0. The van der Waals surface area contributed by atoms with E-state index in [0.29, 0.717) is 17.0 Å². The molecule has 0 spiro atoms. The summed E-state index contributed by atoms with van der Waals surface area (Å²) < 4.78 is 9.65. The van der Waals surface area contributed by atoms with Gasteiger partial charge in [0.2, 0.25) is 0 Å². The van der Waals surface area contributed by atoms with Gasteiger partial charge in [-0.25, -0.2) is 9.59 Å². The molecule has 4 nitrogen and oxygen atoms in total.